The van der Waals surface area contributed by atoms with Gasteiger partial charge in [0.15, 0.2) is 0 Å². The van der Waals surface area contributed by atoms with Crippen LogP contribution in [0, 0.1) is 0 Å². The summed E-state index contributed by atoms with van der Waals surface area (Å²) < 4.78 is 0. The third-order valence-electron chi connectivity index (χ3n) is 5.61. The van der Waals surface area contributed by atoms with Gasteiger partial charge in [-0.2, -0.15) is 0 Å². The number of pyridine rings is 1. The molecule has 150 valence electrons. The Morgan fingerprint density at radius 2 is 1.66 bits per heavy atom. The van der Waals surface area contributed by atoms with E-state index in [1.165, 1.54) is 27.4 Å². The lowest BCUT2D eigenvalue weighted by atomic mass is 9.80. The van der Waals surface area contributed by atoms with E-state index in [9.17, 15) is 4.79 Å². The number of hydrogen-bond donors (Lipinski definition) is 2. The number of thioether (sulfide) groups is 1. The van der Waals surface area contributed by atoms with Crippen molar-refractivity contribution in [1.29, 1.82) is 0 Å². The molecule has 0 saturated heterocycles. The zero-order chi connectivity index (χ0) is 20.8. The molecule has 0 spiro atoms. The van der Waals surface area contributed by atoms with E-state index in [-0.39, 0.29) is 16.4 Å². The van der Waals surface area contributed by atoms with Crippen molar-refractivity contribution in [2.45, 2.75) is 56.8 Å². The molecule has 4 rings (SSSR count). The highest BCUT2D eigenvalue weighted by Crippen LogP contribution is 2.40. The molecule has 0 aliphatic carbocycles. The monoisotopic (exact) mass is 404 g/mol. The molecule has 4 heteroatoms. The molecule has 1 aromatic heterocycles. The molecule has 1 aliphatic heterocycles. The summed E-state index contributed by atoms with van der Waals surface area (Å²) in [5.74, 6) is 0. The topological polar surface area (TPSA) is 44.9 Å². The number of nitrogens with one attached hydrogen (secondary N) is 2. The van der Waals surface area contributed by atoms with Crippen molar-refractivity contribution in [2.75, 3.05) is 5.32 Å². The van der Waals surface area contributed by atoms with Crippen molar-refractivity contribution in [3.8, 4) is 0 Å². The molecule has 3 nitrogen and oxygen atoms in total. The van der Waals surface area contributed by atoms with E-state index in [0.717, 1.165) is 17.3 Å². The van der Waals surface area contributed by atoms with Gasteiger partial charge in [0, 0.05) is 22.2 Å². The summed E-state index contributed by atoms with van der Waals surface area (Å²) in [6.07, 6.45) is 0.911. The average Bonchev–Trinajstić information content (AvgIpc) is 2.66. The third kappa shape index (κ3) is 4.13. The van der Waals surface area contributed by atoms with Gasteiger partial charge in [-0.05, 0) is 69.5 Å². The Kier molecular flexibility index (Phi) is 4.86. The predicted molar refractivity (Wildman–Crippen MR) is 125 cm³/mol. The normalized spacial score (nSPS) is 14.3. The maximum absolute atomic E-state index is 11.5. The lowest BCUT2D eigenvalue weighted by Gasteiger charge is -2.30. The van der Waals surface area contributed by atoms with Gasteiger partial charge in [-0.25, -0.2) is 0 Å². The smallest absolute Gasteiger partial charge is 0.248 e. The highest BCUT2D eigenvalue weighted by molar-refractivity contribution is 8.02. The van der Waals surface area contributed by atoms with E-state index < -0.39 is 0 Å². The molecule has 0 atom stereocenters. The van der Waals surface area contributed by atoms with Crippen molar-refractivity contribution in [3.63, 3.8) is 0 Å². The zero-order valence-electron chi connectivity index (χ0n) is 17.7. The maximum atomic E-state index is 11.5. The Morgan fingerprint density at radius 1 is 0.897 bits per heavy atom. The minimum absolute atomic E-state index is 0.0388. The van der Waals surface area contributed by atoms with Gasteiger partial charge < -0.3 is 10.3 Å². The van der Waals surface area contributed by atoms with Gasteiger partial charge in [0.1, 0.15) is 0 Å². The molecule has 2 aromatic carbocycles. The first-order valence-corrected chi connectivity index (χ1v) is 10.9. The Hall–Kier alpha value is -2.46. The van der Waals surface area contributed by atoms with E-state index in [4.69, 9.17) is 0 Å². The van der Waals surface area contributed by atoms with Crippen molar-refractivity contribution in [2.24, 2.45) is 0 Å². The summed E-state index contributed by atoms with van der Waals surface area (Å²) in [5, 5.41) is 6.97. The Morgan fingerprint density at radius 3 is 2.41 bits per heavy atom. The maximum Gasteiger partial charge on any atom is 0.248 e. The molecule has 0 bridgehead atoms. The number of aromatic nitrogens is 1. The molecule has 0 fully saturated rings. The van der Waals surface area contributed by atoms with Gasteiger partial charge in [0.25, 0.3) is 0 Å². The van der Waals surface area contributed by atoms with Crippen LogP contribution in [-0.2, 0) is 10.8 Å². The standard InChI is InChI=1S/C25H28N2OS/c1-24(2,3)17-8-10-22-21(13-17)26-19(15-29-22)14-25(4,5)18-7-9-20-16(12-18)6-11-23(28)27-20/h6-13,15,26H,14H2,1-5H3,(H,27,28). The number of hydrogen-bond acceptors (Lipinski definition) is 3. The van der Waals surface area contributed by atoms with Crippen LogP contribution in [0.2, 0.25) is 0 Å². The Balaban J connectivity index is 1.58. The molecule has 1 aliphatic rings. The second kappa shape index (κ2) is 7.10. The largest absolute Gasteiger partial charge is 0.358 e. The minimum Gasteiger partial charge on any atom is -0.358 e. The van der Waals surface area contributed by atoms with Crippen LogP contribution in [0.4, 0.5) is 5.69 Å². The van der Waals surface area contributed by atoms with Crippen LogP contribution in [0.5, 0.6) is 0 Å². The summed E-state index contributed by atoms with van der Waals surface area (Å²) in [7, 11) is 0. The highest BCUT2D eigenvalue weighted by atomic mass is 32.2. The number of anilines is 1. The van der Waals surface area contributed by atoms with Crippen LogP contribution >= 0.6 is 11.8 Å². The van der Waals surface area contributed by atoms with E-state index >= 15 is 0 Å². The number of aromatic amines is 1. The number of fused-ring (bicyclic) bond motifs is 2. The summed E-state index contributed by atoms with van der Waals surface area (Å²) in [6.45, 7) is 11.3. The molecule has 2 heterocycles. The fourth-order valence-electron chi connectivity index (χ4n) is 3.77. The fraction of sp³-hybridized carbons (Fsp3) is 0.320. The highest BCUT2D eigenvalue weighted by Gasteiger charge is 2.25. The van der Waals surface area contributed by atoms with Crippen molar-refractivity contribution in [1.82, 2.24) is 4.98 Å². The fourth-order valence-corrected chi connectivity index (χ4v) is 4.57. The number of rotatable bonds is 3. The van der Waals surface area contributed by atoms with Crippen LogP contribution in [-0.4, -0.2) is 4.98 Å². The van der Waals surface area contributed by atoms with E-state index in [1.807, 2.05) is 12.1 Å². The number of H-pyrrole nitrogens is 1. The molecular formula is C25H28N2OS. The molecule has 0 radical (unpaired) electrons. The molecule has 0 saturated carbocycles. The van der Waals surface area contributed by atoms with Crippen LogP contribution in [0.3, 0.4) is 0 Å². The summed E-state index contributed by atoms with van der Waals surface area (Å²) in [6, 6.07) is 16.5. The van der Waals surface area contributed by atoms with Crippen LogP contribution in [0.25, 0.3) is 10.9 Å². The first-order valence-electron chi connectivity index (χ1n) is 10.0. The quantitative estimate of drug-likeness (QED) is 0.520. The number of benzene rings is 2. The second-order valence-electron chi connectivity index (χ2n) is 9.53. The first-order chi connectivity index (χ1) is 13.6. The van der Waals surface area contributed by atoms with Crippen LogP contribution in [0.1, 0.15) is 52.2 Å². The van der Waals surface area contributed by atoms with Crippen molar-refractivity contribution < 1.29 is 0 Å². The van der Waals surface area contributed by atoms with E-state index in [0.29, 0.717) is 0 Å². The lowest BCUT2D eigenvalue weighted by Crippen LogP contribution is -2.21. The van der Waals surface area contributed by atoms with Gasteiger partial charge in [-0.15, -0.1) is 0 Å². The van der Waals surface area contributed by atoms with Gasteiger partial charge in [0.05, 0.1) is 5.69 Å². The molecule has 3 aromatic rings. The summed E-state index contributed by atoms with van der Waals surface area (Å²) >= 11 is 1.79. The molecular weight excluding hydrogens is 376 g/mol. The van der Waals surface area contributed by atoms with Crippen LogP contribution in [0.15, 0.2) is 69.3 Å². The first kappa shape index (κ1) is 19.8. The molecule has 0 unspecified atom stereocenters. The predicted octanol–water partition coefficient (Wildman–Crippen LogP) is 6.55. The average molecular weight is 405 g/mol. The Bertz CT molecular complexity index is 1170. The van der Waals surface area contributed by atoms with Crippen molar-refractivity contribution in [3.05, 3.63) is 81.1 Å². The van der Waals surface area contributed by atoms with E-state index in [2.05, 4.69) is 80.7 Å². The Labute approximate surface area is 176 Å². The van der Waals surface area contributed by atoms with Gasteiger partial charge in [-0.3, -0.25) is 4.79 Å². The molecule has 29 heavy (non-hydrogen) atoms. The zero-order valence-corrected chi connectivity index (χ0v) is 18.5. The van der Waals surface area contributed by atoms with E-state index in [1.54, 1.807) is 17.8 Å². The summed E-state index contributed by atoms with van der Waals surface area (Å²) in [5.41, 5.74) is 5.95. The third-order valence-corrected chi connectivity index (χ3v) is 6.62. The minimum atomic E-state index is -0.0635. The SMILES string of the molecule is CC(C)(C)c1ccc2c(c1)NC(CC(C)(C)c1ccc3[nH]c(=O)ccc3c1)=CS2. The molecule has 0 amide bonds. The number of allylic oxidation sites excluding steroid dienone is 1. The van der Waals surface area contributed by atoms with Gasteiger partial charge >= 0.3 is 0 Å². The van der Waals surface area contributed by atoms with Gasteiger partial charge in [-0.1, -0.05) is 58.5 Å². The van der Waals surface area contributed by atoms with Crippen molar-refractivity contribution >= 4 is 28.4 Å². The van der Waals surface area contributed by atoms with Crippen LogP contribution < -0.4 is 10.9 Å². The second-order valence-corrected chi connectivity index (χ2v) is 10.4. The lowest BCUT2D eigenvalue weighted by molar-refractivity contribution is 0.522. The molecule has 2 N–H and O–H groups in total. The van der Waals surface area contributed by atoms with Gasteiger partial charge in [0.2, 0.25) is 5.56 Å². The summed E-state index contributed by atoms with van der Waals surface area (Å²) in [4.78, 5) is 15.7.